The number of hydrogen-bond donors (Lipinski definition) is 1. The minimum Gasteiger partial charge on any atom is -0.497 e. The summed E-state index contributed by atoms with van der Waals surface area (Å²) in [6.45, 7) is 4.36. The maximum absolute atomic E-state index is 13.5. The molecule has 0 saturated heterocycles. The molecule has 5 heteroatoms. The highest BCUT2D eigenvalue weighted by Gasteiger charge is 2.50. The Morgan fingerprint density at radius 3 is 2.55 bits per heavy atom. The van der Waals surface area contributed by atoms with Gasteiger partial charge in [0.1, 0.15) is 5.75 Å². The molecule has 1 N–H and O–H groups in total. The summed E-state index contributed by atoms with van der Waals surface area (Å²) < 4.78 is 5.19. The number of aryl methyl sites for hydroxylation is 2. The lowest BCUT2D eigenvalue weighted by Crippen LogP contribution is -2.41. The van der Waals surface area contributed by atoms with Gasteiger partial charge in [0, 0.05) is 11.1 Å². The molecule has 1 heterocycles. The summed E-state index contributed by atoms with van der Waals surface area (Å²) in [6.07, 6.45) is -0.334. The van der Waals surface area contributed by atoms with Crippen molar-refractivity contribution >= 4 is 17.4 Å². The largest absolute Gasteiger partial charge is 0.497 e. The number of amides is 1. The molecule has 0 bridgehead atoms. The predicted molar refractivity (Wildman–Crippen MR) is 119 cm³/mol. The van der Waals surface area contributed by atoms with E-state index in [4.69, 9.17) is 4.74 Å². The van der Waals surface area contributed by atoms with Crippen LogP contribution in [0.5, 0.6) is 5.75 Å². The van der Waals surface area contributed by atoms with Gasteiger partial charge in [-0.3, -0.25) is 9.59 Å². The molecule has 1 unspecified atom stereocenters. The van der Waals surface area contributed by atoms with Crippen molar-refractivity contribution in [1.82, 2.24) is 0 Å². The van der Waals surface area contributed by atoms with E-state index in [0.29, 0.717) is 29.1 Å². The fraction of sp³-hybridized carbons (Fsp3) is 0.231. The maximum Gasteiger partial charge on any atom is 0.264 e. The van der Waals surface area contributed by atoms with Gasteiger partial charge < -0.3 is 14.7 Å². The molecule has 0 radical (unpaired) electrons. The number of fused-ring (bicyclic) bond motifs is 1. The number of hydrogen-bond acceptors (Lipinski definition) is 4. The van der Waals surface area contributed by atoms with Crippen LogP contribution in [-0.2, 0) is 16.9 Å². The quantitative estimate of drug-likeness (QED) is 0.609. The number of carbonyl (C=O) groups is 2. The average Bonchev–Trinajstić information content (AvgIpc) is 2.97. The van der Waals surface area contributed by atoms with Gasteiger partial charge in [0.2, 0.25) is 0 Å². The number of methoxy groups -OCH3 is 1. The number of nitrogens with zero attached hydrogens (tertiary/aromatic N) is 1. The van der Waals surface area contributed by atoms with Crippen molar-refractivity contribution in [2.24, 2.45) is 0 Å². The Morgan fingerprint density at radius 2 is 1.81 bits per heavy atom. The van der Waals surface area contributed by atoms with E-state index in [-0.39, 0.29) is 12.2 Å². The third kappa shape index (κ3) is 3.73. The molecule has 1 aliphatic rings. The predicted octanol–water partition coefficient (Wildman–Crippen LogP) is 4.32. The standard InChI is InChI=1S/C26H25NO4/c1-17-11-12-20(18(2)13-17)16-27-23-10-5-4-9-22(23)26(30,25(27)29)15-24(28)19-7-6-8-21(14-19)31-3/h4-14,30H,15-16H2,1-3H3. The first-order chi connectivity index (χ1) is 14.8. The van der Waals surface area contributed by atoms with E-state index >= 15 is 0 Å². The fourth-order valence-electron chi connectivity index (χ4n) is 4.16. The van der Waals surface area contributed by atoms with Crippen LogP contribution in [0.25, 0.3) is 0 Å². The van der Waals surface area contributed by atoms with Gasteiger partial charge >= 0.3 is 0 Å². The number of carbonyl (C=O) groups excluding carboxylic acids is 2. The van der Waals surface area contributed by atoms with Crippen LogP contribution in [0.15, 0.2) is 66.7 Å². The Hall–Kier alpha value is -3.44. The highest BCUT2D eigenvalue weighted by atomic mass is 16.5. The van der Waals surface area contributed by atoms with E-state index < -0.39 is 11.5 Å². The van der Waals surface area contributed by atoms with Crippen LogP contribution in [0.3, 0.4) is 0 Å². The Labute approximate surface area is 181 Å². The van der Waals surface area contributed by atoms with E-state index in [1.54, 1.807) is 41.3 Å². The number of Topliss-reactive ketones (excluding diaryl/α,β-unsaturated/α-hetero) is 1. The van der Waals surface area contributed by atoms with Crippen molar-refractivity contribution in [3.05, 3.63) is 94.5 Å². The van der Waals surface area contributed by atoms with Crippen molar-refractivity contribution in [2.75, 3.05) is 12.0 Å². The van der Waals surface area contributed by atoms with E-state index in [1.165, 1.54) is 7.11 Å². The van der Waals surface area contributed by atoms with Crippen molar-refractivity contribution < 1.29 is 19.4 Å². The number of ketones is 1. The first kappa shape index (κ1) is 20.8. The Morgan fingerprint density at radius 1 is 1.03 bits per heavy atom. The SMILES string of the molecule is COc1cccc(C(=O)CC2(O)C(=O)N(Cc3ccc(C)cc3C)c3ccccc32)c1. The number of aliphatic hydroxyl groups is 1. The molecule has 0 fully saturated rings. The molecule has 158 valence electrons. The van der Waals surface area contributed by atoms with Gasteiger partial charge in [-0.25, -0.2) is 0 Å². The Bertz CT molecular complexity index is 1170. The maximum atomic E-state index is 13.5. The topological polar surface area (TPSA) is 66.8 Å². The molecular weight excluding hydrogens is 390 g/mol. The summed E-state index contributed by atoms with van der Waals surface area (Å²) in [6, 6.07) is 19.9. The summed E-state index contributed by atoms with van der Waals surface area (Å²) >= 11 is 0. The number of anilines is 1. The molecule has 1 atom stereocenters. The lowest BCUT2D eigenvalue weighted by atomic mass is 9.88. The average molecular weight is 415 g/mol. The number of para-hydroxylation sites is 1. The highest BCUT2D eigenvalue weighted by molar-refractivity contribution is 6.10. The lowest BCUT2D eigenvalue weighted by molar-refractivity contribution is -0.136. The van der Waals surface area contributed by atoms with Crippen LogP contribution in [0.4, 0.5) is 5.69 Å². The molecule has 0 aromatic heterocycles. The number of ether oxygens (including phenoxy) is 1. The summed E-state index contributed by atoms with van der Waals surface area (Å²) in [5.41, 5.74) is 2.80. The van der Waals surface area contributed by atoms with Gasteiger partial charge in [-0.05, 0) is 43.2 Å². The fourth-order valence-corrected chi connectivity index (χ4v) is 4.16. The van der Waals surface area contributed by atoms with E-state index in [0.717, 1.165) is 16.7 Å². The lowest BCUT2D eigenvalue weighted by Gasteiger charge is -2.23. The summed E-state index contributed by atoms with van der Waals surface area (Å²) in [4.78, 5) is 28.0. The molecule has 1 amide bonds. The smallest absolute Gasteiger partial charge is 0.264 e. The molecule has 3 aromatic carbocycles. The number of benzene rings is 3. The summed E-state index contributed by atoms with van der Waals surface area (Å²) in [7, 11) is 1.53. The van der Waals surface area contributed by atoms with Crippen molar-refractivity contribution in [2.45, 2.75) is 32.4 Å². The molecule has 1 aliphatic heterocycles. The van der Waals surface area contributed by atoms with Crippen molar-refractivity contribution in [3.8, 4) is 5.75 Å². The third-order valence-corrected chi connectivity index (χ3v) is 5.87. The Kier molecular flexibility index (Phi) is 5.38. The molecule has 3 aromatic rings. The normalized spacial score (nSPS) is 17.5. The van der Waals surface area contributed by atoms with E-state index in [2.05, 4.69) is 6.07 Å². The molecule has 4 rings (SSSR count). The van der Waals surface area contributed by atoms with Crippen LogP contribution < -0.4 is 9.64 Å². The molecule has 31 heavy (non-hydrogen) atoms. The second-order valence-electron chi connectivity index (χ2n) is 8.03. The second kappa shape index (κ2) is 8.00. The first-order valence-electron chi connectivity index (χ1n) is 10.2. The van der Waals surface area contributed by atoms with Gasteiger partial charge in [-0.1, -0.05) is 54.1 Å². The van der Waals surface area contributed by atoms with Crippen LogP contribution in [-0.4, -0.2) is 23.9 Å². The monoisotopic (exact) mass is 415 g/mol. The second-order valence-corrected chi connectivity index (χ2v) is 8.03. The van der Waals surface area contributed by atoms with Crippen molar-refractivity contribution in [3.63, 3.8) is 0 Å². The van der Waals surface area contributed by atoms with Crippen LogP contribution in [0.1, 0.15) is 39.0 Å². The van der Waals surface area contributed by atoms with Gasteiger partial charge in [0.05, 0.1) is 25.8 Å². The molecule has 0 aliphatic carbocycles. The molecular formula is C26H25NO4. The summed E-state index contributed by atoms with van der Waals surface area (Å²) in [5, 5.41) is 11.5. The minimum absolute atomic E-state index is 0.321. The zero-order chi connectivity index (χ0) is 22.2. The van der Waals surface area contributed by atoms with Gasteiger partial charge in [-0.15, -0.1) is 0 Å². The Balaban J connectivity index is 1.68. The van der Waals surface area contributed by atoms with Crippen LogP contribution in [0, 0.1) is 13.8 Å². The molecule has 0 spiro atoms. The van der Waals surface area contributed by atoms with E-state index in [1.807, 2.05) is 38.1 Å². The minimum atomic E-state index is -1.91. The molecule has 0 saturated carbocycles. The van der Waals surface area contributed by atoms with Gasteiger partial charge in [0.15, 0.2) is 11.4 Å². The number of rotatable bonds is 6. The van der Waals surface area contributed by atoms with Crippen LogP contribution >= 0.6 is 0 Å². The third-order valence-electron chi connectivity index (χ3n) is 5.87. The first-order valence-corrected chi connectivity index (χ1v) is 10.2. The van der Waals surface area contributed by atoms with Crippen molar-refractivity contribution in [1.29, 1.82) is 0 Å². The van der Waals surface area contributed by atoms with Gasteiger partial charge in [-0.2, -0.15) is 0 Å². The highest BCUT2D eigenvalue weighted by Crippen LogP contribution is 2.43. The summed E-state index contributed by atoms with van der Waals surface area (Å²) in [5.74, 6) is -0.254. The zero-order valence-electron chi connectivity index (χ0n) is 17.9. The van der Waals surface area contributed by atoms with Gasteiger partial charge in [0.25, 0.3) is 5.91 Å². The van der Waals surface area contributed by atoms with E-state index in [9.17, 15) is 14.7 Å². The molecule has 5 nitrogen and oxygen atoms in total. The zero-order valence-corrected chi connectivity index (χ0v) is 17.9. The van der Waals surface area contributed by atoms with Crippen LogP contribution in [0.2, 0.25) is 0 Å².